The molecule has 1 heterocycles. The van der Waals surface area contributed by atoms with E-state index in [0.717, 1.165) is 11.1 Å². The minimum Gasteiger partial charge on any atom is -0.492 e. The molecule has 0 saturated carbocycles. The summed E-state index contributed by atoms with van der Waals surface area (Å²) >= 11 is 0. The third kappa shape index (κ3) is 8.08. The Bertz CT molecular complexity index is 1450. The standard InChI is InChI=1S/C31H34FN5O3/c1-4-40-29-18-26-25(17-27(29)35-30(38)14-9-15-37(2)3)31(34-21-33-26)36-28(23-11-6-5-7-12-23)20-39-19-22-10-8-13-24(32)16-22/h5-14,16-18,21,28H,4,15,19-20H2,1-3H3,(H,35,38)(H,33,34,36)/b14-9+/t28-/m1/s1. The fourth-order valence-electron chi connectivity index (χ4n) is 4.11. The van der Waals surface area contributed by atoms with Gasteiger partial charge in [-0.25, -0.2) is 14.4 Å². The Morgan fingerprint density at radius 3 is 2.65 bits per heavy atom. The zero-order valence-electron chi connectivity index (χ0n) is 22.9. The molecule has 8 nitrogen and oxygen atoms in total. The van der Waals surface area contributed by atoms with E-state index >= 15 is 0 Å². The van der Waals surface area contributed by atoms with Crippen molar-refractivity contribution in [3.63, 3.8) is 0 Å². The maximum atomic E-state index is 13.6. The molecule has 0 aliphatic carbocycles. The topological polar surface area (TPSA) is 88.6 Å². The Morgan fingerprint density at radius 2 is 1.90 bits per heavy atom. The minimum atomic E-state index is -0.297. The summed E-state index contributed by atoms with van der Waals surface area (Å²) in [5, 5.41) is 7.13. The number of benzene rings is 3. The van der Waals surface area contributed by atoms with Gasteiger partial charge >= 0.3 is 0 Å². The lowest BCUT2D eigenvalue weighted by Gasteiger charge is -2.21. The molecule has 0 spiro atoms. The molecular weight excluding hydrogens is 509 g/mol. The number of hydrogen-bond donors (Lipinski definition) is 2. The molecule has 1 atom stereocenters. The first kappa shape index (κ1) is 28.7. The summed E-state index contributed by atoms with van der Waals surface area (Å²) in [6.07, 6.45) is 4.78. The monoisotopic (exact) mass is 543 g/mol. The van der Waals surface area contributed by atoms with Gasteiger partial charge in [-0.2, -0.15) is 0 Å². The van der Waals surface area contributed by atoms with Gasteiger partial charge in [0.05, 0.1) is 37.1 Å². The molecule has 1 aromatic heterocycles. The van der Waals surface area contributed by atoms with Crippen LogP contribution < -0.4 is 15.4 Å². The Balaban J connectivity index is 1.61. The minimum absolute atomic E-state index is 0.258. The lowest BCUT2D eigenvalue weighted by atomic mass is 10.1. The van der Waals surface area contributed by atoms with Gasteiger partial charge in [0, 0.05) is 24.1 Å². The number of halogens is 1. The van der Waals surface area contributed by atoms with Crippen molar-refractivity contribution in [1.82, 2.24) is 14.9 Å². The Hall–Kier alpha value is -4.34. The van der Waals surface area contributed by atoms with Gasteiger partial charge in [0.25, 0.3) is 0 Å². The van der Waals surface area contributed by atoms with Crippen LogP contribution in [0, 0.1) is 5.82 Å². The highest BCUT2D eigenvalue weighted by Gasteiger charge is 2.17. The van der Waals surface area contributed by atoms with Gasteiger partial charge in [-0.1, -0.05) is 48.5 Å². The number of carbonyl (C=O) groups is 1. The second-order valence-corrected chi connectivity index (χ2v) is 9.43. The van der Waals surface area contributed by atoms with Crippen LogP contribution in [0.3, 0.4) is 0 Å². The second-order valence-electron chi connectivity index (χ2n) is 9.43. The number of rotatable bonds is 13. The van der Waals surface area contributed by atoms with E-state index < -0.39 is 0 Å². The zero-order valence-corrected chi connectivity index (χ0v) is 22.9. The molecule has 0 radical (unpaired) electrons. The van der Waals surface area contributed by atoms with Crippen molar-refractivity contribution in [2.45, 2.75) is 19.6 Å². The molecular formula is C31H34FN5O3. The van der Waals surface area contributed by atoms with E-state index in [9.17, 15) is 9.18 Å². The van der Waals surface area contributed by atoms with E-state index in [1.165, 1.54) is 24.5 Å². The first-order valence-corrected chi connectivity index (χ1v) is 13.1. The molecule has 1 amide bonds. The number of nitrogens with zero attached hydrogens (tertiary/aromatic N) is 3. The number of aromatic nitrogens is 2. The highest BCUT2D eigenvalue weighted by atomic mass is 19.1. The van der Waals surface area contributed by atoms with Crippen LogP contribution >= 0.6 is 0 Å². The third-order valence-corrected chi connectivity index (χ3v) is 5.99. The van der Waals surface area contributed by atoms with E-state index in [1.807, 2.05) is 68.4 Å². The van der Waals surface area contributed by atoms with Crippen LogP contribution in [-0.2, 0) is 16.1 Å². The molecule has 4 rings (SSSR count). The first-order chi connectivity index (χ1) is 19.4. The predicted molar refractivity (Wildman–Crippen MR) is 156 cm³/mol. The number of amides is 1. The lowest BCUT2D eigenvalue weighted by molar-refractivity contribution is -0.111. The van der Waals surface area contributed by atoms with Crippen LogP contribution in [0.4, 0.5) is 15.9 Å². The van der Waals surface area contributed by atoms with Crippen LogP contribution in [0.1, 0.15) is 24.1 Å². The van der Waals surface area contributed by atoms with Crippen molar-refractivity contribution in [2.75, 3.05) is 44.5 Å². The number of fused-ring (bicyclic) bond motifs is 1. The molecule has 40 heavy (non-hydrogen) atoms. The average molecular weight is 544 g/mol. The molecule has 0 bridgehead atoms. The fraction of sp³-hybridized carbons (Fsp3) is 0.258. The highest BCUT2D eigenvalue weighted by Crippen LogP contribution is 2.33. The summed E-state index contributed by atoms with van der Waals surface area (Å²) in [6, 6.07) is 19.6. The van der Waals surface area contributed by atoms with Crippen molar-refractivity contribution in [2.24, 2.45) is 0 Å². The zero-order chi connectivity index (χ0) is 28.3. The van der Waals surface area contributed by atoms with Crippen LogP contribution in [0.25, 0.3) is 10.9 Å². The summed E-state index contributed by atoms with van der Waals surface area (Å²) < 4.78 is 25.4. The largest absolute Gasteiger partial charge is 0.492 e. The summed E-state index contributed by atoms with van der Waals surface area (Å²) in [5.41, 5.74) is 2.93. The summed E-state index contributed by atoms with van der Waals surface area (Å²) in [5.74, 6) is 0.539. The van der Waals surface area contributed by atoms with E-state index in [4.69, 9.17) is 9.47 Å². The van der Waals surface area contributed by atoms with Crippen LogP contribution in [0.15, 0.2) is 85.2 Å². The molecule has 0 aliphatic heterocycles. The molecule has 3 aromatic carbocycles. The Morgan fingerprint density at radius 1 is 1.07 bits per heavy atom. The van der Waals surface area contributed by atoms with Gasteiger partial charge in [-0.15, -0.1) is 0 Å². The highest BCUT2D eigenvalue weighted by molar-refractivity contribution is 6.03. The van der Waals surface area contributed by atoms with Crippen molar-refractivity contribution in [3.05, 3.63) is 102 Å². The van der Waals surface area contributed by atoms with Gasteiger partial charge in [0.1, 0.15) is 23.7 Å². The summed E-state index contributed by atoms with van der Waals surface area (Å²) in [7, 11) is 3.87. The van der Waals surface area contributed by atoms with Gasteiger partial charge < -0.3 is 25.0 Å². The summed E-state index contributed by atoms with van der Waals surface area (Å²) in [4.78, 5) is 23.5. The Kier molecular flexibility index (Phi) is 10.1. The Labute approximate surface area is 233 Å². The first-order valence-electron chi connectivity index (χ1n) is 13.1. The van der Waals surface area contributed by atoms with Crippen molar-refractivity contribution in [3.8, 4) is 5.75 Å². The number of anilines is 2. The molecule has 9 heteroatoms. The number of likely N-dealkylation sites (N-methyl/N-ethyl adjacent to an activating group) is 1. The SMILES string of the molecule is CCOc1cc2ncnc(N[C@H](COCc3cccc(F)c3)c3ccccc3)c2cc1NC(=O)/C=C/CN(C)C. The molecule has 208 valence electrons. The molecule has 4 aromatic rings. The van der Waals surface area contributed by atoms with Crippen LogP contribution in [-0.4, -0.2) is 54.6 Å². The van der Waals surface area contributed by atoms with E-state index in [-0.39, 0.29) is 24.4 Å². The fourth-order valence-corrected chi connectivity index (χ4v) is 4.11. The summed E-state index contributed by atoms with van der Waals surface area (Å²) in [6.45, 7) is 3.53. The second kappa shape index (κ2) is 14.2. The van der Waals surface area contributed by atoms with E-state index in [0.29, 0.717) is 47.9 Å². The number of hydrogen-bond acceptors (Lipinski definition) is 7. The van der Waals surface area contributed by atoms with Crippen molar-refractivity contribution in [1.29, 1.82) is 0 Å². The third-order valence-electron chi connectivity index (χ3n) is 5.99. The van der Waals surface area contributed by atoms with Crippen LogP contribution in [0.5, 0.6) is 5.75 Å². The van der Waals surface area contributed by atoms with E-state index in [2.05, 4.69) is 20.6 Å². The average Bonchev–Trinajstić information content (AvgIpc) is 2.93. The van der Waals surface area contributed by atoms with Gasteiger partial charge in [0.15, 0.2) is 0 Å². The maximum absolute atomic E-state index is 13.6. The van der Waals surface area contributed by atoms with Crippen molar-refractivity contribution >= 4 is 28.3 Å². The molecule has 0 fully saturated rings. The number of ether oxygens (including phenoxy) is 2. The quantitative estimate of drug-likeness (QED) is 0.212. The molecule has 0 unspecified atom stereocenters. The lowest BCUT2D eigenvalue weighted by Crippen LogP contribution is -2.18. The predicted octanol–water partition coefficient (Wildman–Crippen LogP) is 5.59. The van der Waals surface area contributed by atoms with Gasteiger partial charge in [0.2, 0.25) is 5.91 Å². The van der Waals surface area contributed by atoms with Crippen LogP contribution in [0.2, 0.25) is 0 Å². The maximum Gasteiger partial charge on any atom is 0.248 e. The smallest absolute Gasteiger partial charge is 0.248 e. The van der Waals surface area contributed by atoms with Gasteiger partial charge in [-0.05, 0) is 50.3 Å². The molecule has 0 aliphatic rings. The number of nitrogens with one attached hydrogen (secondary N) is 2. The number of carbonyl (C=O) groups excluding carboxylic acids is 1. The molecule has 2 N–H and O–H groups in total. The van der Waals surface area contributed by atoms with Gasteiger partial charge in [-0.3, -0.25) is 4.79 Å². The van der Waals surface area contributed by atoms with Crippen molar-refractivity contribution < 1.29 is 18.7 Å². The molecule has 0 saturated heterocycles. The normalized spacial score (nSPS) is 12.1. The van der Waals surface area contributed by atoms with E-state index in [1.54, 1.807) is 18.2 Å².